The smallest absolute Gasteiger partial charge is 0.196 e. The minimum atomic E-state index is -0.428. The highest BCUT2D eigenvalue weighted by Gasteiger charge is 2.21. The van der Waals surface area contributed by atoms with Gasteiger partial charge in [-0.2, -0.15) is 0 Å². The molecule has 0 saturated carbocycles. The molecular formula is C19H32O6. The van der Waals surface area contributed by atoms with Gasteiger partial charge in [0, 0.05) is 33.0 Å². The number of ether oxygens (including phenoxy) is 6. The SMILES string of the molecule is CCC(C)c1cc(OC(C)OC)c(OC(C)OC)cc1OC(C)OC. The summed E-state index contributed by atoms with van der Waals surface area (Å²) in [4.78, 5) is 0. The van der Waals surface area contributed by atoms with Crippen LogP contribution in [0.3, 0.4) is 0 Å². The molecule has 4 atom stereocenters. The van der Waals surface area contributed by atoms with Gasteiger partial charge < -0.3 is 28.4 Å². The van der Waals surface area contributed by atoms with Crippen LogP contribution in [0.2, 0.25) is 0 Å². The van der Waals surface area contributed by atoms with Crippen LogP contribution < -0.4 is 14.2 Å². The third kappa shape index (κ3) is 6.38. The molecule has 0 aromatic heterocycles. The van der Waals surface area contributed by atoms with Crippen LogP contribution in [0, 0.1) is 0 Å². The predicted molar refractivity (Wildman–Crippen MR) is 96.4 cm³/mol. The summed E-state index contributed by atoms with van der Waals surface area (Å²) in [7, 11) is 4.78. The summed E-state index contributed by atoms with van der Waals surface area (Å²) in [5.41, 5.74) is 1.03. The Kier molecular flexibility index (Phi) is 9.03. The molecule has 0 aliphatic rings. The number of rotatable bonds is 11. The molecule has 0 aliphatic carbocycles. The Morgan fingerprint density at radius 1 is 0.680 bits per heavy atom. The molecule has 6 nitrogen and oxygen atoms in total. The maximum atomic E-state index is 5.93. The molecule has 4 unspecified atom stereocenters. The van der Waals surface area contributed by atoms with E-state index in [2.05, 4.69) is 13.8 Å². The van der Waals surface area contributed by atoms with Crippen molar-refractivity contribution in [2.45, 2.75) is 65.8 Å². The van der Waals surface area contributed by atoms with E-state index in [1.807, 2.05) is 32.9 Å². The normalized spacial score (nSPS) is 16.0. The minimum Gasteiger partial charge on any atom is -0.465 e. The molecule has 144 valence electrons. The lowest BCUT2D eigenvalue weighted by molar-refractivity contribution is -0.0567. The standard InChI is InChI=1S/C19H32O6/c1-9-12(2)16-10-18(24-14(4)21-7)19(25-15(5)22-8)11-17(16)23-13(3)20-6/h10-15H,9H2,1-8H3. The van der Waals surface area contributed by atoms with Crippen molar-refractivity contribution in [2.75, 3.05) is 21.3 Å². The molecule has 0 aliphatic heterocycles. The fraction of sp³-hybridized carbons (Fsp3) is 0.684. The van der Waals surface area contributed by atoms with Gasteiger partial charge in [-0.25, -0.2) is 0 Å². The molecule has 0 amide bonds. The maximum absolute atomic E-state index is 5.93. The molecule has 0 heterocycles. The molecule has 1 aromatic rings. The molecule has 0 bridgehead atoms. The summed E-state index contributed by atoms with van der Waals surface area (Å²) in [6.07, 6.45) is -0.247. The quantitative estimate of drug-likeness (QED) is 0.551. The molecule has 0 N–H and O–H groups in total. The second-order valence-electron chi connectivity index (χ2n) is 5.91. The van der Waals surface area contributed by atoms with E-state index in [9.17, 15) is 0 Å². The van der Waals surface area contributed by atoms with Crippen LogP contribution in [-0.4, -0.2) is 40.2 Å². The molecule has 0 fully saturated rings. The first-order chi connectivity index (χ1) is 11.9. The predicted octanol–water partition coefficient (Wildman–Crippen LogP) is 4.31. The van der Waals surface area contributed by atoms with Gasteiger partial charge in [-0.15, -0.1) is 0 Å². The highest BCUT2D eigenvalue weighted by atomic mass is 16.7. The van der Waals surface area contributed by atoms with Gasteiger partial charge >= 0.3 is 0 Å². The second-order valence-corrected chi connectivity index (χ2v) is 5.91. The number of hydrogen-bond donors (Lipinski definition) is 0. The summed E-state index contributed by atoms with van der Waals surface area (Å²) in [6, 6.07) is 3.77. The van der Waals surface area contributed by atoms with E-state index in [0.717, 1.165) is 12.0 Å². The summed E-state index contributed by atoms with van der Waals surface area (Å²) in [5, 5.41) is 0. The Hall–Kier alpha value is -1.50. The first-order valence-corrected chi connectivity index (χ1v) is 8.62. The second kappa shape index (κ2) is 10.5. The number of hydrogen-bond acceptors (Lipinski definition) is 6. The summed E-state index contributed by atoms with van der Waals surface area (Å²) >= 11 is 0. The fourth-order valence-electron chi connectivity index (χ4n) is 2.13. The van der Waals surface area contributed by atoms with Gasteiger partial charge in [-0.1, -0.05) is 13.8 Å². The Morgan fingerprint density at radius 2 is 1.08 bits per heavy atom. The Morgan fingerprint density at radius 3 is 1.48 bits per heavy atom. The summed E-state index contributed by atoms with van der Waals surface area (Å²) < 4.78 is 33.3. The average molecular weight is 356 g/mol. The first-order valence-electron chi connectivity index (χ1n) is 8.62. The van der Waals surface area contributed by atoms with Gasteiger partial charge in [0.1, 0.15) is 5.75 Å². The lowest BCUT2D eigenvalue weighted by Gasteiger charge is -2.24. The third-order valence-corrected chi connectivity index (χ3v) is 4.09. The highest BCUT2D eigenvalue weighted by Crippen LogP contribution is 2.40. The Balaban J connectivity index is 3.35. The Bertz CT molecular complexity index is 519. The van der Waals surface area contributed by atoms with Gasteiger partial charge in [0.15, 0.2) is 30.4 Å². The van der Waals surface area contributed by atoms with Crippen molar-refractivity contribution < 1.29 is 28.4 Å². The topological polar surface area (TPSA) is 55.4 Å². The number of benzene rings is 1. The summed E-state index contributed by atoms with van der Waals surface area (Å²) in [5.74, 6) is 2.11. The Labute approximate surface area is 151 Å². The van der Waals surface area contributed by atoms with Crippen LogP contribution in [0.5, 0.6) is 17.2 Å². The van der Waals surface area contributed by atoms with Crippen molar-refractivity contribution in [1.29, 1.82) is 0 Å². The summed E-state index contributed by atoms with van der Waals surface area (Å²) in [6.45, 7) is 9.75. The zero-order chi connectivity index (χ0) is 19.0. The van der Waals surface area contributed by atoms with Gasteiger partial charge in [-0.05, 0) is 39.2 Å². The number of methoxy groups -OCH3 is 3. The first kappa shape index (κ1) is 21.5. The fourth-order valence-corrected chi connectivity index (χ4v) is 2.13. The van der Waals surface area contributed by atoms with E-state index in [1.54, 1.807) is 21.3 Å². The molecule has 1 rings (SSSR count). The molecule has 6 heteroatoms. The van der Waals surface area contributed by atoms with E-state index in [4.69, 9.17) is 28.4 Å². The van der Waals surface area contributed by atoms with Gasteiger partial charge in [-0.3, -0.25) is 0 Å². The van der Waals surface area contributed by atoms with Crippen molar-refractivity contribution in [1.82, 2.24) is 0 Å². The zero-order valence-corrected chi connectivity index (χ0v) is 16.6. The molecule has 0 radical (unpaired) electrons. The van der Waals surface area contributed by atoms with E-state index < -0.39 is 12.6 Å². The van der Waals surface area contributed by atoms with Crippen molar-refractivity contribution in [2.24, 2.45) is 0 Å². The van der Waals surface area contributed by atoms with Crippen molar-refractivity contribution >= 4 is 0 Å². The average Bonchev–Trinajstić information content (AvgIpc) is 2.62. The minimum absolute atomic E-state index is 0.285. The van der Waals surface area contributed by atoms with Crippen molar-refractivity contribution in [3.05, 3.63) is 17.7 Å². The molecule has 25 heavy (non-hydrogen) atoms. The molecule has 0 saturated heterocycles. The van der Waals surface area contributed by atoms with Crippen LogP contribution in [0.15, 0.2) is 12.1 Å². The van der Waals surface area contributed by atoms with E-state index in [-0.39, 0.29) is 12.2 Å². The van der Waals surface area contributed by atoms with E-state index in [1.165, 1.54) is 0 Å². The van der Waals surface area contributed by atoms with Crippen LogP contribution >= 0.6 is 0 Å². The highest BCUT2D eigenvalue weighted by molar-refractivity contribution is 5.52. The third-order valence-electron chi connectivity index (χ3n) is 4.09. The van der Waals surface area contributed by atoms with Crippen LogP contribution in [-0.2, 0) is 14.2 Å². The van der Waals surface area contributed by atoms with Crippen LogP contribution in [0.25, 0.3) is 0 Å². The lowest BCUT2D eigenvalue weighted by atomic mass is 9.97. The van der Waals surface area contributed by atoms with E-state index >= 15 is 0 Å². The van der Waals surface area contributed by atoms with Crippen LogP contribution in [0.4, 0.5) is 0 Å². The van der Waals surface area contributed by atoms with E-state index in [0.29, 0.717) is 17.2 Å². The largest absolute Gasteiger partial charge is 0.465 e. The van der Waals surface area contributed by atoms with Crippen molar-refractivity contribution in [3.63, 3.8) is 0 Å². The van der Waals surface area contributed by atoms with Crippen molar-refractivity contribution in [3.8, 4) is 17.2 Å². The monoisotopic (exact) mass is 356 g/mol. The van der Waals surface area contributed by atoms with Gasteiger partial charge in [0.05, 0.1) is 0 Å². The lowest BCUT2D eigenvalue weighted by Crippen LogP contribution is -2.19. The molecule has 1 aromatic carbocycles. The molecular weight excluding hydrogens is 324 g/mol. The maximum Gasteiger partial charge on any atom is 0.196 e. The van der Waals surface area contributed by atoms with Gasteiger partial charge in [0.25, 0.3) is 0 Å². The van der Waals surface area contributed by atoms with Crippen LogP contribution in [0.1, 0.15) is 52.5 Å². The zero-order valence-electron chi connectivity index (χ0n) is 16.6. The molecule has 0 spiro atoms. The van der Waals surface area contributed by atoms with Gasteiger partial charge in [0.2, 0.25) is 0 Å².